The normalized spacial score (nSPS) is 9.50. The number of hydrogen-bond donors (Lipinski definition) is 0. The second-order valence-corrected chi connectivity index (χ2v) is 4.55. The van der Waals surface area contributed by atoms with E-state index < -0.39 is 0 Å². The van der Waals surface area contributed by atoms with Crippen LogP contribution in [0.2, 0.25) is 4.34 Å². The second-order valence-electron chi connectivity index (χ2n) is 2.75. The molecule has 2 aromatic rings. The van der Waals surface area contributed by atoms with Crippen molar-refractivity contribution < 1.29 is 17.0 Å². The van der Waals surface area contributed by atoms with Crippen LogP contribution in [0.15, 0.2) is 42.7 Å². The van der Waals surface area contributed by atoms with E-state index in [0.29, 0.717) is 0 Å². The Kier molecular flexibility index (Phi) is 4.39. The average molecular weight is 246 g/mol. The monoisotopic (exact) mass is 245 g/mol. The van der Waals surface area contributed by atoms with Gasteiger partial charge in [-0.1, -0.05) is 17.7 Å². The predicted octanol–water partition coefficient (Wildman–Crippen LogP) is -0.259. The standard InChI is InChI=1S/C10H9ClNS.ClH/c11-10-5-4-9(13-10)8-12-6-2-1-3-7-12;/h1-7H,8H2;1H/q+1;/p-1. The van der Waals surface area contributed by atoms with E-state index in [9.17, 15) is 0 Å². The Hall–Kier alpha value is -0.570. The topological polar surface area (TPSA) is 3.88 Å². The third kappa shape index (κ3) is 2.98. The van der Waals surface area contributed by atoms with Crippen molar-refractivity contribution in [1.82, 2.24) is 0 Å². The Morgan fingerprint density at radius 3 is 2.43 bits per heavy atom. The van der Waals surface area contributed by atoms with Crippen LogP contribution in [-0.4, -0.2) is 0 Å². The first-order valence-corrected chi connectivity index (χ1v) is 5.22. The summed E-state index contributed by atoms with van der Waals surface area (Å²) in [6.45, 7) is 0.901. The molecule has 1 nitrogen and oxygen atoms in total. The Bertz CT molecular complexity index is 386. The molecule has 2 heterocycles. The molecule has 0 aliphatic heterocycles. The number of pyridine rings is 1. The summed E-state index contributed by atoms with van der Waals surface area (Å²) in [6, 6.07) is 10.1. The van der Waals surface area contributed by atoms with Crippen LogP contribution in [0, 0.1) is 0 Å². The molecule has 0 aliphatic carbocycles. The van der Waals surface area contributed by atoms with Crippen LogP contribution in [0.25, 0.3) is 0 Å². The van der Waals surface area contributed by atoms with E-state index in [1.165, 1.54) is 4.88 Å². The molecular formula is C10H9Cl2NS. The Balaban J connectivity index is 0.000000980. The fraction of sp³-hybridized carbons (Fsp3) is 0.100. The molecule has 0 spiro atoms. The highest BCUT2D eigenvalue weighted by molar-refractivity contribution is 7.16. The number of aromatic nitrogens is 1. The lowest BCUT2D eigenvalue weighted by atomic mass is 10.4. The summed E-state index contributed by atoms with van der Waals surface area (Å²) >= 11 is 7.46. The van der Waals surface area contributed by atoms with Gasteiger partial charge in [-0.2, -0.15) is 4.57 Å². The van der Waals surface area contributed by atoms with Gasteiger partial charge in [-0.25, -0.2) is 0 Å². The van der Waals surface area contributed by atoms with E-state index in [1.807, 2.05) is 36.7 Å². The summed E-state index contributed by atoms with van der Waals surface area (Å²) in [5.74, 6) is 0. The fourth-order valence-electron chi connectivity index (χ4n) is 1.16. The van der Waals surface area contributed by atoms with Crippen LogP contribution in [0.4, 0.5) is 0 Å². The maximum absolute atomic E-state index is 5.84. The highest BCUT2D eigenvalue weighted by Crippen LogP contribution is 2.20. The minimum absolute atomic E-state index is 0. The molecule has 14 heavy (non-hydrogen) atoms. The lowest BCUT2D eigenvalue weighted by molar-refractivity contribution is -0.687. The zero-order valence-electron chi connectivity index (χ0n) is 7.36. The largest absolute Gasteiger partial charge is 1.00 e. The molecule has 74 valence electrons. The average Bonchev–Trinajstić information content (AvgIpc) is 2.53. The number of thiophene rings is 1. The molecule has 2 rings (SSSR count). The van der Waals surface area contributed by atoms with E-state index in [0.717, 1.165) is 10.9 Å². The molecule has 0 atom stereocenters. The van der Waals surface area contributed by atoms with Crippen LogP contribution in [-0.2, 0) is 6.54 Å². The number of halogens is 2. The van der Waals surface area contributed by atoms with E-state index >= 15 is 0 Å². The third-order valence-electron chi connectivity index (χ3n) is 1.74. The molecule has 0 amide bonds. The van der Waals surface area contributed by atoms with E-state index in [4.69, 9.17) is 11.6 Å². The first-order valence-electron chi connectivity index (χ1n) is 4.03. The Morgan fingerprint density at radius 1 is 1.14 bits per heavy atom. The van der Waals surface area contributed by atoms with Gasteiger partial charge in [0.2, 0.25) is 0 Å². The van der Waals surface area contributed by atoms with Crippen molar-refractivity contribution in [3.8, 4) is 0 Å². The summed E-state index contributed by atoms with van der Waals surface area (Å²) in [4.78, 5) is 1.28. The molecule has 0 fully saturated rings. The molecule has 4 heteroatoms. The smallest absolute Gasteiger partial charge is 0.182 e. The van der Waals surface area contributed by atoms with Gasteiger partial charge in [0.1, 0.15) is 0 Å². The van der Waals surface area contributed by atoms with Gasteiger partial charge in [0, 0.05) is 12.1 Å². The lowest BCUT2D eigenvalue weighted by Gasteiger charge is -1.91. The van der Waals surface area contributed by atoms with Crippen molar-refractivity contribution in [2.75, 3.05) is 0 Å². The molecule has 0 unspecified atom stereocenters. The molecule has 0 saturated carbocycles. The summed E-state index contributed by atoms with van der Waals surface area (Å²) < 4.78 is 2.98. The van der Waals surface area contributed by atoms with Crippen LogP contribution in [0.5, 0.6) is 0 Å². The zero-order valence-corrected chi connectivity index (χ0v) is 9.69. The molecule has 0 bridgehead atoms. The second kappa shape index (κ2) is 5.35. The van der Waals surface area contributed by atoms with Crippen molar-refractivity contribution in [2.24, 2.45) is 0 Å². The van der Waals surface area contributed by atoms with Crippen molar-refractivity contribution in [3.63, 3.8) is 0 Å². The molecule has 2 aromatic heterocycles. The molecular weight excluding hydrogens is 237 g/mol. The summed E-state index contributed by atoms with van der Waals surface area (Å²) in [6.07, 6.45) is 4.10. The van der Waals surface area contributed by atoms with Gasteiger partial charge >= 0.3 is 0 Å². The maximum Gasteiger partial charge on any atom is 0.182 e. The lowest BCUT2D eigenvalue weighted by Crippen LogP contribution is -3.00. The highest BCUT2D eigenvalue weighted by atomic mass is 35.5. The summed E-state index contributed by atoms with van der Waals surface area (Å²) in [7, 11) is 0. The number of rotatable bonds is 2. The highest BCUT2D eigenvalue weighted by Gasteiger charge is 2.03. The van der Waals surface area contributed by atoms with Gasteiger partial charge in [-0.3, -0.25) is 0 Å². The SMILES string of the molecule is Clc1ccc(C[n+]2ccccc2)s1.[Cl-]. The molecule has 0 aromatic carbocycles. The number of nitrogens with zero attached hydrogens (tertiary/aromatic N) is 1. The quantitative estimate of drug-likeness (QED) is 0.643. The Morgan fingerprint density at radius 2 is 1.86 bits per heavy atom. The van der Waals surface area contributed by atoms with Gasteiger partial charge in [-0.15, -0.1) is 11.3 Å². The first-order chi connectivity index (χ1) is 6.34. The van der Waals surface area contributed by atoms with E-state index in [2.05, 4.69) is 10.6 Å². The summed E-state index contributed by atoms with van der Waals surface area (Å²) in [5, 5.41) is 0. The number of hydrogen-bond acceptors (Lipinski definition) is 1. The van der Waals surface area contributed by atoms with Crippen LogP contribution < -0.4 is 17.0 Å². The molecule has 0 saturated heterocycles. The van der Waals surface area contributed by atoms with Gasteiger partial charge < -0.3 is 12.4 Å². The van der Waals surface area contributed by atoms with Crippen molar-refractivity contribution >= 4 is 22.9 Å². The minimum Gasteiger partial charge on any atom is -1.00 e. The van der Waals surface area contributed by atoms with E-state index in [-0.39, 0.29) is 12.4 Å². The van der Waals surface area contributed by atoms with Gasteiger partial charge in [0.15, 0.2) is 18.9 Å². The van der Waals surface area contributed by atoms with Crippen molar-refractivity contribution in [1.29, 1.82) is 0 Å². The third-order valence-corrected chi connectivity index (χ3v) is 2.96. The fourth-order valence-corrected chi connectivity index (χ4v) is 2.25. The summed E-state index contributed by atoms with van der Waals surface area (Å²) in [5.41, 5.74) is 0. The van der Waals surface area contributed by atoms with E-state index in [1.54, 1.807) is 11.3 Å². The van der Waals surface area contributed by atoms with Crippen LogP contribution >= 0.6 is 22.9 Å². The van der Waals surface area contributed by atoms with Gasteiger partial charge in [0.05, 0.1) is 9.21 Å². The van der Waals surface area contributed by atoms with Gasteiger partial charge in [-0.05, 0) is 12.1 Å². The van der Waals surface area contributed by atoms with Crippen molar-refractivity contribution in [2.45, 2.75) is 6.54 Å². The van der Waals surface area contributed by atoms with Crippen LogP contribution in [0.1, 0.15) is 4.88 Å². The Labute approximate surface area is 98.4 Å². The van der Waals surface area contributed by atoms with Crippen LogP contribution in [0.3, 0.4) is 0 Å². The molecule has 0 radical (unpaired) electrons. The van der Waals surface area contributed by atoms with Gasteiger partial charge in [0.25, 0.3) is 0 Å². The molecule has 0 N–H and O–H groups in total. The van der Waals surface area contributed by atoms with Crippen molar-refractivity contribution in [3.05, 3.63) is 51.9 Å². The zero-order chi connectivity index (χ0) is 9.10. The first kappa shape index (κ1) is 11.5. The molecule has 0 aliphatic rings. The predicted molar refractivity (Wildman–Crippen MR) is 55.1 cm³/mol. The minimum atomic E-state index is 0. The maximum atomic E-state index is 5.84.